The third-order valence-corrected chi connectivity index (χ3v) is 1.92. The predicted octanol–water partition coefficient (Wildman–Crippen LogP) is 0.990. The Balaban J connectivity index is 2.81. The lowest BCUT2D eigenvalue weighted by Crippen LogP contribution is -2.24. The maximum Gasteiger partial charge on any atom is 0.328 e. The van der Waals surface area contributed by atoms with E-state index in [-0.39, 0.29) is 5.69 Å². The maximum absolute atomic E-state index is 11.4. The molecule has 1 aromatic heterocycles. The van der Waals surface area contributed by atoms with Crippen LogP contribution in [0, 0.1) is 0 Å². The lowest BCUT2D eigenvalue weighted by molar-refractivity contribution is 0.619. The normalized spacial score (nSPS) is 10.5. The van der Waals surface area contributed by atoms with Crippen molar-refractivity contribution in [2.75, 3.05) is 5.75 Å². The largest absolute Gasteiger partial charge is 0.328 e. The van der Waals surface area contributed by atoms with Crippen molar-refractivity contribution in [3.05, 3.63) is 22.9 Å². The van der Waals surface area contributed by atoms with E-state index in [1.54, 1.807) is 9.13 Å². The highest BCUT2D eigenvalue weighted by molar-refractivity contribution is 7.80. The van der Waals surface area contributed by atoms with E-state index in [1.807, 2.05) is 12.4 Å². The molecule has 12 heavy (non-hydrogen) atoms. The van der Waals surface area contributed by atoms with Gasteiger partial charge >= 0.3 is 5.69 Å². The Labute approximate surface area is 77.4 Å². The van der Waals surface area contributed by atoms with Crippen molar-refractivity contribution in [3.63, 3.8) is 0 Å². The number of rotatable bonds is 4. The van der Waals surface area contributed by atoms with Crippen LogP contribution in [0.15, 0.2) is 17.2 Å². The molecule has 0 amide bonds. The second-order valence-electron chi connectivity index (χ2n) is 2.69. The first-order valence-corrected chi connectivity index (χ1v) is 4.79. The summed E-state index contributed by atoms with van der Waals surface area (Å²) in [6.07, 6.45) is 4.63. The van der Waals surface area contributed by atoms with E-state index in [0.717, 1.165) is 13.0 Å². The van der Waals surface area contributed by atoms with Crippen molar-refractivity contribution in [2.45, 2.75) is 26.4 Å². The second kappa shape index (κ2) is 4.40. The van der Waals surface area contributed by atoms with Gasteiger partial charge in [-0.25, -0.2) is 4.79 Å². The minimum Gasteiger partial charge on any atom is -0.299 e. The average molecular weight is 186 g/mol. The van der Waals surface area contributed by atoms with Crippen LogP contribution in [-0.4, -0.2) is 14.9 Å². The average Bonchev–Trinajstić information content (AvgIpc) is 2.38. The molecular formula is C8H14N2OS. The zero-order valence-electron chi connectivity index (χ0n) is 7.23. The summed E-state index contributed by atoms with van der Waals surface area (Å²) in [7, 11) is 0. The molecule has 0 aliphatic heterocycles. The van der Waals surface area contributed by atoms with E-state index in [9.17, 15) is 4.79 Å². The van der Waals surface area contributed by atoms with Gasteiger partial charge < -0.3 is 0 Å². The first-order valence-electron chi connectivity index (χ1n) is 4.16. The van der Waals surface area contributed by atoms with Gasteiger partial charge in [-0.05, 0) is 6.42 Å². The number of thiol groups is 1. The van der Waals surface area contributed by atoms with Crippen LogP contribution in [0.1, 0.15) is 13.3 Å². The second-order valence-corrected chi connectivity index (χ2v) is 3.14. The molecule has 0 N–H and O–H groups in total. The van der Waals surface area contributed by atoms with Gasteiger partial charge in [-0.15, -0.1) is 0 Å². The van der Waals surface area contributed by atoms with Crippen LogP contribution >= 0.6 is 12.6 Å². The predicted molar refractivity (Wildman–Crippen MR) is 52.8 cm³/mol. The summed E-state index contributed by atoms with van der Waals surface area (Å²) in [5.41, 5.74) is 0.0749. The van der Waals surface area contributed by atoms with Gasteiger partial charge in [0, 0.05) is 31.2 Å². The van der Waals surface area contributed by atoms with Gasteiger partial charge in [0.2, 0.25) is 0 Å². The molecule has 68 valence electrons. The topological polar surface area (TPSA) is 26.9 Å². The molecule has 0 spiro atoms. The molecule has 4 heteroatoms. The lowest BCUT2D eigenvalue weighted by atomic mass is 10.5. The third-order valence-electron chi connectivity index (χ3n) is 1.72. The van der Waals surface area contributed by atoms with E-state index in [1.165, 1.54) is 0 Å². The van der Waals surface area contributed by atoms with Gasteiger partial charge in [0.05, 0.1) is 0 Å². The highest BCUT2D eigenvalue weighted by atomic mass is 32.1. The molecule has 0 radical (unpaired) electrons. The SMILES string of the molecule is CCCn1ccn(CCS)c1=O. The molecule has 0 bridgehead atoms. The van der Waals surface area contributed by atoms with E-state index < -0.39 is 0 Å². The molecule has 1 heterocycles. The summed E-state index contributed by atoms with van der Waals surface area (Å²) in [6.45, 7) is 3.56. The summed E-state index contributed by atoms with van der Waals surface area (Å²) < 4.78 is 3.41. The Morgan fingerprint density at radius 2 is 1.92 bits per heavy atom. The third kappa shape index (κ3) is 1.94. The van der Waals surface area contributed by atoms with Crippen LogP contribution in [0.25, 0.3) is 0 Å². The van der Waals surface area contributed by atoms with Gasteiger partial charge in [0.25, 0.3) is 0 Å². The minimum atomic E-state index is 0.0749. The standard InChI is InChI=1S/C8H14N2OS/c1-2-3-9-4-5-10(6-7-12)8(9)11/h4-5,12H,2-3,6-7H2,1H3. The fraction of sp³-hybridized carbons (Fsp3) is 0.625. The zero-order valence-corrected chi connectivity index (χ0v) is 8.13. The van der Waals surface area contributed by atoms with Crippen LogP contribution in [0.4, 0.5) is 0 Å². The van der Waals surface area contributed by atoms with Gasteiger partial charge in [-0.3, -0.25) is 9.13 Å². The fourth-order valence-corrected chi connectivity index (χ4v) is 1.36. The highest BCUT2D eigenvalue weighted by Gasteiger charge is 1.99. The molecule has 1 aromatic rings. The Morgan fingerprint density at radius 3 is 2.42 bits per heavy atom. The molecule has 0 saturated heterocycles. The van der Waals surface area contributed by atoms with Crippen LogP contribution in [0.5, 0.6) is 0 Å². The Morgan fingerprint density at radius 1 is 1.33 bits per heavy atom. The van der Waals surface area contributed by atoms with E-state index in [4.69, 9.17) is 0 Å². The Bertz CT molecular complexity index is 263. The Kier molecular flexibility index (Phi) is 3.47. The number of imidazole rings is 1. The molecule has 0 fully saturated rings. The van der Waals surface area contributed by atoms with Crippen LogP contribution in [0.2, 0.25) is 0 Å². The number of nitrogens with zero attached hydrogens (tertiary/aromatic N) is 2. The molecule has 0 aromatic carbocycles. The maximum atomic E-state index is 11.4. The number of hydrogen-bond acceptors (Lipinski definition) is 2. The summed E-state index contributed by atoms with van der Waals surface area (Å²) in [6, 6.07) is 0. The summed E-state index contributed by atoms with van der Waals surface area (Å²) in [4.78, 5) is 11.4. The molecule has 0 aliphatic carbocycles. The van der Waals surface area contributed by atoms with Crippen molar-refractivity contribution in [1.82, 2.24) is 9.13 Å². The smallest absolute Gasteiger partial charge is 0.299 e. The quantitative estimate of drug-likeness (QED) is 0.697. The number of hydrogen-bond donors (Lipinski definition) is 1. The van der Waals surface area contributed by atoms with Gasteiger partial charge in [-0.1, -0.05) is 6.92 Å². The molecule has 0 aliphatic rings. The van der Waals surface area contributed by atoms with Gasteiger partial charge in [0.1, 0.15) is 0 Å². The summed E-state index contributed by atoms with van der Waals surface area (Å²) >= 11 is 4.07. The van der Waals surface area contributed by atoms with Crippen LogP contribution in [0.3, 0.4) is 0 Å². The van der Waals surface area contributed by atoms with Gasteiger partial charge in [0.15, 0.2) is 0 Å². The fourth-order valence-electron chi connectivity index (χ4n) is 1.14. The van der Waals surface area contributed by atoms with Gasteiger partial charge in [-0.2, -0.15) is 12.6 Å². The summed E-state index contributed by atoms with van der Waals surface area (Å²) in [5, 5.41) is 0. The molecule has 3 nitrogen and oxygen atoms in total. The number of aromatic nitrogens is 2. The molecular weight excluding hydrogens is 172 g/mol. The highest BCUT2D eigenvalue weighted by Crippen LogP contribution is 1.89. The molecule has 0 atom stereocenters. The van der Waals surface area contributed by atoms with Crippen molar-refractivity contribution in [3.8, 4) is 0 Å². The summed E-state index contributed by atoms with van der Waals surface area (Å²) in [5.74, 6) is 0.704. The van der Waals surface area contributed by atoms with E-state index in [0.29, 0.717) is 12.3 Å². The minimum absolute atomic E-state index is 0.0749. The molecule has 0 unspecified atom stereocenters. The number of aryl methyl sites for hydroxylation is 2. The van der Waals surface area contributed by atoms with Crippen molar-refractivity contribution in [1.29, 1.82) is 0 Å². The van der Waals surface area contributed by atoms with Crippen LogP contribution in [-0.2, 0) is 13.1 Å². The van der Waals surface area contributed by atoms with Crippen molar-refractivity contribution in [2.24, 2.45) is 0 Å². The van der Waals surface area contributed by atoms with Crippen LogP contribution < -0.4 is 5.69 Å². The zero-order chi connectivity index (χ0) is 8.97. The van der Waals surface area contributed by atoms with Crippen molar-refractivity contribution < 1.29 is 0 Å². The lowest BCUT2D eigenvalue weighted by Gasteiger charge is -1.97. The first-order chi connectivity index (χ1) is 5.79. The van der Waals surface area contributed by atoms with Crippen molar-refractivity contribution >= 4 is 12.6 Å². The first kappa shape index (κ1) is 9.45. The Hall–Kier alpha value is -0.640. The van der Waals surface area contributed by atoms with E-state index in [2.05, 4.69) is 19.6 Å². The monoisotopic (exact) mass is 186 g/mol. The molecule has 0 saturated carbocycles. The van der Waals surface area contributed by atoms with E-state index >= 15 is 0 Å². The molecule has 1 rings (SSSR count).